The largest absolute Gasteiger partial charge is 0.206 e. The lowest BCUT2D eigenvalue weighted by Crippen LogP contribution is -1.99. The zero-order valence-electron chi connectivity index (χ0n) is 14.6. The Bertz CT molecular complexity index is 698. The summed E-state index contributed by atoms with van der Waals surface area (Å²) in [6.45, 7) is 2.18. The molecule has 25 heavy (non-hydrogen) atoms. The van der Waals surface area contributed by atoms with Crippen molar-refractivity contribution in [1.82, 2.24) is 0 Å². The van der Waals surface area contributed by atoms with Gasteiger partial charge in [-0.2, -0.15) is 0 Å². The minimum Gasteiger partial charge on any atom is -0.206 e. The molecular weight excluding hydrogens is 389 g/mol. The molecule has 0 nitrogen and oxygen atoms in total. The van der Waals surface area contributed by atoms with Crippen LogP contribution in [-0.2, 0) is 6.42 Å². The van der Waals surface area contributed by atoms with Gasteiger partial charge >= 0.3 is 0 Å². The van der Waals surface area contributed by atoms with Gasteiger partial charge in [-0.05, 0) is 30.5 Å². The van der Waals surface area contributed by atoms with E-state index in [-0.39, 0.29) is 11.1 Å². The summed E-state index contributed by atoms with van der Waals surface area (Å²) in [5.41, 5.74) is 0.403. The maximum Gasteiger partial charge on any atom is 0.167 e. The standard InChI is InChI=1S/C21H24BrF3/c1-2-3-4-5-6-7-8-9-15-10-12-18(21(25)20(15)24)17-13-11-16(22)14-19(17)23/h10-14H,2-9H2,1H3. The highest BCUT2D eigenvalue weighted by Gasteiger charge is 2.17. The lowest BCUT2D eigenvalue weighted by atomic mass is 9.99. The first kappa shape index (κ1) is 20.0. The zero-order valence-corrected chi connectivity index (χ0v) is 16.1. The van der Waals surface area contributed by atoms with Crippen molar-refractivity contribution < 1.29 is 13.2 Å². The average molecular weight is 413 g/mol. The molecular formula is C21H24BrF3. The van der Waals surface area contributed by atoms with Gasteiger partial charge in [0, 0.05) is 15.6 Å². The molecule has 136 valence electrons. The average Bonchev–Trinajstić information content (AvgIpc) is 2.58. The Morgan fingerprint density at radius 3 is 2.08 bits per heavy atom. The van der Waals surface area contributed by atoms with Crippen LogP contribution in [0.5, 0.6) is 0 Å². The van der Waals surface area contributed by atoms with Crippen molar-refractivity contribution in [2.75, 3.05) is 0 Å². The second-order valence-electron chi connectivity index (χ2n) is 6.40. The van der Waals surface area contributed by atoms with E-state index in [1.807, 2.05) is 0 Å². The maximum atomic E-state index is 14.4. The number of hydrogen-bond acceptors (Lipinski definition) is 0. The van der Waals surface area contributed by atoms with E-state index >= 15 is 0 Å². The lowest BCUT2D eigenvalue weighted by Gasteiger charge is -2.10. The summed E-state index contributed by atoms with van der Waals surface area (Å²) in [5, 5.41) is 0. The van der Waals surface area contributed by atoms with Gasteiger partial charge in [0.05, 0.1) is 0 Å². The van der Waals surface area contributed by atoms with Crippen LogP contribution < -0.4 is 0 Å². The monoisotopic (exact) mass is 412 g/mol. The first-order valence-electron chi connectivity index (χ1n) is 8.97. The van der Waals surface area contributed by atoms with Gasteiger partial charge in [0.1, 0.15) is 5.82 Å². The Balaban J connectivity index is 2.00. The Labute approximate surface area is 156 Å². The second kappa shape index (κ2) is 10.0. The normalized spacial score (nSPS) is 11.1. The van der Waals surface area contributed by atoms with E-state index in [0.717, 1.165) is 19.3 Å². The first-order valence-corrected chi connectivity index (χ1v) is 9.76. The third-order valence-corrected chi connectivity index (χ3v) is 4.93. The van der Waals surface area contributed by atoms with Crippen LogP contribution in [0.3, 0.4) is 0 Å². The van der Waals surface area contributed by atoms with Gasteiger partial charge < -0.3 is 0 Å². The van der Waals surface area contributed by atoms with Crippen molar-refractivity contribution in [1.29, 1.82) is 0 Å². The van der Waals surface area contributed by atoms with Crippen LogP contribution >= 0.6 is 15.9 Å². The Morgan fingerprint density at radius 2 is 1.40 bits per heavy atom. The molecule has 2 rings (SSSR count). The molecule has 4 heteroatoms. The van der Waals surface area contributed by atoms with Crippen LogP contribution in [0.15, 0.2) is 34.8 Å². The van der Waals surface area contributed by atoms with E-state index in [9.17, 15) is 13.2 Å². The molecule has 0 saturated heterocycles. The van der Waals surface area contributed by atoms with Crippen LogP contribution in [0.1, 0.15) is 57.4 Å². The molecule has 0 aromatic heterocycles. The van der Waals surface area contributed by atoms with Crippen LogP contribution in [0.2, 0.25) is 0 Å². The fraction of sp³-hybridized carbons (Fsp3) is 0.429. The van der Waals surface area contributed by atoms with Crippen LogP contribution in [0.4, 0.5) is 13.2 Å². The third-order valence-electron chi connectivity index (χ3n) is 4.43. The molecule has 0 aliphatic carbocycles. The summed E-state index contributed by atoms with van der Waals surface area (Å²) in [6.07, 6.45) is 8.43. The van der Waals surface area contributed by atoms with Crippen LogP contribution in [-0.4, -0.2) is 0 Å². The summed E-state index contributed by atoms with van der Waals surface area (Å²) in [4.78, 5) is 0. The molecule has 0 N–H and O–H groups in total. The summed E-state index contributed by atoms with van der Waals surface area (Å²) in [5.74, 6) is -2.40. The number of aryl methyl sites for hydroxylation is 1. The molecule has 0 unspecified atom stereocenters. The predicted molar refractivity (Wildman–Crippen MR) is 101 cm³/mol. The van der Waals surface area contributed by atoms with Crippen molar-refractivity contribution >= 4 is 15.9 Å². The van der Waals surface area contributed by atoms with E-state index < -0.39 is 17.5 Å². The molecule has 0 bridgehead atoms. The zero-order chi connectivity index (χ0) is 18.2. The van der Waals surface area contributed by atoms with Gasteiger partial charge in [-0.1, -0.05) is 79.6 Å². The molecule has 0 aliphatic rings. The molecule has 0 heterocycles. The van der Waals surface area contributed by atoms with Crippen molar-refractivity contribution in [3.05, 3.63) is 57.8 Å². The number of rotatable bonds is 9. The van der Waals surface area contributed by atoms with Gasteiger partial charge in [0.2, 0.25) is 0 Å². The van der Waals surface area contributed by atoms with Crippen molar-refractivity contribution in [3.63, 3.8) is 0 Å². The first-order chi connectivity index (χ1) is 12.0. The fourth-order valence-corrected chi connectivity index (χ4v) is 3.30. The molecule has 0 fully saturated rings. The number of hydrogen-bond donors (Lipinski definition) is 0. The molecule has 0 atom stereocenters. The quantitative estimate of drug-likeness (QED) is 0.368. The summed E-state index contributed by atoms with van der Waals surface area (Å²) < 4.78 is 43.3. The highest BCUT2D eigenvalue weighted by atomic mass is 79.9. The maximum absolute atomic E-state index is 14.4. The highest BCUT2D eigenvalue weighted by molar-refractivity contribution is 9.10. The second-order valence-corrected chi connectivity index (χ2v) is 7.31. The number of unbranched alkanes of at least 4 members (excludes halogenated alkanes) is 6. The molecule has 2 aromatic rings. The minimum absolute atomic E-state index is 0.0363. The van der Waals surface area contributed by atoms with Gasteiger partial charge in [-0.25, -0.2) is 13.2 Å². The van der Waals surface area contributed by atoms with Gasteiger partial charge in [-0.3, -0.25) is 0 Å². The number of benzene rings is 2. The summed E-state index contributed by atoms with van der Waals surface area (Å²) in [7, 11) is 0. The minimum atomic E-state index is -0.971. The Morgan fingerprint density at radius 1 is 0.760 bits per heavy atom. The van der Waals surface area contributed by atoms with E-state index in [2.05, 4.69) is 22.9 Å². The molecule has 0 spiro atoms. The number of halogens is 4. The van der Waals surface area contributed by atoms with E-state index in [4.69, 9.17) is 0 Å². The molecule has 0 aliphatic heterocycles. The smallest absolute Gasteiger partial charge is 0.167 e. The molecule has 2 aromatic carbocycles. The summed E-state index contributed by atoms with van der Waals surface area (Å²) >= 11 is 3.16. The van der Waals surface area contributed by atoms with Gasteiger partial charge in [-0.15, -0.1) is 0 Å². The van der Waals surface area contributed by atoms with Gasteiger partial charge in [0.25, 0.3) is 0 Å². The molecule has 0 amide bonds. The Kier molecular flexibility index (Phi) is 8.01. The Hall–Kier alpha value is -1.29. The highest BCUT2D eigenvalue weighted by Crippen LogP contribution is 2.30. The molecule has 0 radical (unpaired) electrons. The fourth-order valence-electron chi connectivity index (χ4n) is 2.97. The topological polar surface area (TPSA) is 0 Å². The predicted octanol–water partition coefficient (Wildman–Crippen LogP) is 7.83. The molecule has 0 saturated carbocycles. The summed E-state index contributed by atoms with van der Waals surface area (Å²) in [6, 6.07) is 7.36. The van der Waals surface area contributed by atoms with Crippen molar-refractivity contribution in [2.24, 2.45) is 0 Å². The van der Waals surface area contributed by atoms with E-state index in [1.54, 1.807) is 12.1 Å². The van der Waals surface area contributed by atoms with Crippen molar-refractivity contribution in [2.45, 2.75) is 58.3 Å². The van der Waals surface area contributed by atoms with Crippen molar-refractivity contribution in [3.8, 4) is 11.1 Å². The van der Waals surface area contributed by atoms with E-state index in [0.29, 0.717) is 16.5 Å². The lowest BCUT2D eigenvalue weighted by molar-refractivity contribution is 0.496. The third kappa shape index (κ3) is 5.60. The van der Waals surface area contributed by atoms with E-state index in [1.165, 1.54) is 43.9 Å². The SMILES string of the molecule is CCCCCCCCCc1ccc(-c2ccc(Br)cc2F)c(F)c1F. The van der Waals surface area contributed by atoms with Crippen LogP contribution in [0, 0.1) is 17.5 Å². The van der Waals surface area contributed by atoms with Gasteiger partial charge in [0.15, 0.2) is 11.6 Å². The van der Waals surface area contributed by atoms with Crippen LogP contribution in [0.25, 0.3) is 11.1 Å².